The number of carbonyl (C=O) groups excluding carboxylic acids is 2. The molecule has 3 saturated heterocycles. The maximum absolute atomic E-state index is 13.6. The van der Waals surface area contributed by atoms with E-state index in [0.29, 0.717) is 12.8 Å². The summed E-state index contributed by atoms with van der Waals surface area (Å²) < 4.78 is 35.0. The number of amides is 2. The molecular formula is C83H156N2O21. The molecule has 23 heteroatoms. The van der Waals surface area contributed by atoms with Crippen molar-refractivity contribution < 1.29 is 104 Å². The number of aliphatic carboxylic acids is 1. The van der Waals surface area contributed by atoms with Gasteiger partial charge in [0.15, 0.2) is 12.6 Å². The normalized spacial score (nSPS) is 26.1. The van der Waals surface area contributed by atoms with Crippen LogP contribution in [0.1, 0.15) is 361 Å². The van der Waals surface area contributed by atoms with Gasteiger partial charge in [-0.25, -0.2) is 4.79 Å². The first-order valence-electron chi connectivity index (χ1n) is 43.1. The fraction of sp³-hybridized carbons (Fsp3) is 0.940. The predicted octanol–water partition coefficient (Wildman–Crippen LogP) is 12.5. The van der Waals surface area contributed by atoms with Crippen molar-refractivity contribution in [3.8, 4) is 0 Å². The van der Waals surface area contributed by atoms with Gasteiger partial charge in [0.05, 0.1) is 50.7 Å². The van der Waals surface area contributed by atoms with Gasteiger partial charge in [-0.3, -0.25) is 9.59 Å². The average molecular weight is 1520 g/mol. The molecule has 0 aromatic heterocycles. The molecule has 624 valence electrons. The van der Waals surface area contributed by atoms with Gasteiger partial charge in [-0.1, -0.05) is 334 Å². The van der Waals surface area contributed by atoms with Crippen molar-refractivity contribution >= 4 is 17.8 Å². The topological polar surface area (TPSA) is 373 Å². The molecule has 3 aliphatic heterocycles. The molecule has 0 radical (unpaired) electrons. The zero-order valence-corrected chi connectivity index (χ0v) is 66.3. The van der Waals surface area contributed by atoms with Gasteiger partial charge in [-0.15, -0.1) is 0 Å². The van der Waals surface area contributed by atoms with Gasteiger partial charge in [-0.2, -0.15) is 0 Å². The number of hydrogen-bond donors (Lipinski definition) is 14. The van der Waals surface area contributed by atoms with E-state index in [0.717, 1.165) is 51.9 Å². The van der Waals surface area contributed by atoms with Crippen LogP contribution in [0.5, 0.6) is 0 Å². The molecule has 23 nitrogen and oxygen atoms in total. The van der Waals surface area contributed by atoms with Crippen LogP contribution in [0.3, 0.4) is 0 Å². The highest BCUT2D eigenvalue weighted by atomic mass is 16.8. The summed E-state index contributed by atoms with van der Waals surface area (Å²) in [4.78, 5) is 38.7. The van der Waals surface area contributed by atoms with Crippen molar-refractivity contribution in [3.05, 3.63) is 12.2 Å². The Morgan fingerprint density at radius 3 is 1.25 bits per heavy atom. The Kier molecular flexibility index (Phi) is 57.1. The maximum atomic E-state index is 13.6. The minimum Gasteiger partial charge on any atom is -0.477 e. The highest BCUT2D eigenvalue weighted by molar-refractivity contribution is 5.77. The number of aliphatic hydroxyl groups is 11. The number of rotatable bonds is 69. The zero-order chi connectivity index (χ0) is 77.4. The van der Waals surface area contributed by atoms with Crippen molar-refractivity contribution in [3.63, 3.8) is 0 Å². The van der Waals surface area contributed by atoms with E-state index < -0.39 is 155 Å². The Balaban J connectivity index is 1.49. The first kappa shape index (κ1) is 97.7. The highest BCUT2D eigenvalue weighted by Gasteiger charge is 2.60. The molecule has 3 rings (SSSR count). The number of carboxylic acid groups (broad SMARTS) is 1. The smallest absolute Gasteiger partial charge is 0.364 e. The molecule has 3 fully saturated rings. The van der Waals surface area contributed by atoms with Crippen LogP contribution in [0.25, 0.3) is 0 Å². The second-order valence-electron chi connectivity index (χ2n) is 31.4. The summed E-state index contributed by atoms with van der Waals surface area (Å²) in [6, 6.07) is -2.62. The second kappa shape index (κ2) is 62.0. The molecule has 0 spiro atoms. The molecule has 14 N–H and O–H groups in total. The summed E-state index contributed by atoms with van der Waals surface area (Å²) in [6.07, 6.45) is 39.6. The number of allylic oxidation sites excluding steroid dienone is 1. The number of nitrogens with one attached hydrogen (secondary N) is 2. The summed E-state index contributed by atoms with van der Waals surface area (Å²) in [5, 5.41) is 137. The molecule has 0 aliphatic carbocycles. The number of aliphatic hydroxyl groups excluding tert-OH is 11. The molecule has 0 aromatic carbocycles. The Bertz CT molecular complexity index is 2150. The Morgan fingerprint density at radius 1 is 0.491 bits per heavy atom. The summed E-state index contributed by atoms with van der Waals surface area (Å²) in [5.74, 6) is -6.13. The number of carboxylic acids is 1. The van der Waals surface area contributed by atoms with Crippen LogP contribution < -0.4 is 10.6 Å². The molecule has 106 heavy (non-hydrogen) atoms. The number of hydrogen-bond acceptors (Lipinski definition) is 20. The van der Waals surface area contributed by atoms with Crippen LogP contribution in [0, 0.1) is 0 Å². The van der Waals surface area contributed by atoms with E-state index in [1.807, 2.05) is 6.08 Å². The molecular weight excluding hydrogens is 1360 g/mol. The van der Waals surface area contributed by atoms with Crippen LogP contribution in [-0.2, 0) is 42.8 Å². The molecule has 0 bridgehead atoms. The fourth-order valence-corrected chi connectivity index (χ4v) is 15.2. The standard InChI is InChI=1S/C83H156N2O21/c1-4-6-8-10-12-14-16-18-20-22-24-26-28-30-31-33-35-37-39-41-43-45-47-49-51-53-55-57-70(93)85-64(65(90)56-54-52-50-48-46-44-42-40-38-36-34-32-29-27-25-23-21-19-17-15-13-11-9-7-5-2)62-101-80-75(97)74(96)77(69(61-88)103-80)104-81-76(98)79(73(95)68(60-87)102-81)106-83(82(99)100)58-66(91)71(84-63(3)89)78(105-83)72(94)67(92)59-86/h54,56,64-69,71-81,86-88,90-92,94-98H,4-53,55,57-62H2,1-3H3,(H,84,89)(H,85,93)(H,99,100)/b56-54+. The molecule has 0 saturated carbocycles. The quantitative estimate of drug-likeness (QED) is 0.0199. The molecule has 3 aliphatic rings. The predicted molar refractivity (Wildman–Crippen MR) is 412 cm³/mol. The van der Waals surface area contributed by atoms with E-state index in [9.17, 15) is 75.7 Å². The van der Waals surface area contributed by atoms with Gasteiger partial charge in [0.25, 0.3) is 5.79 Å². The molecule has 3 heterocycles. The summed E-state index contributed by atoms with van der Waals surface area (Å²) in [5.41, 5.74) is 0. The van der Waals surface area contributed by atoms with Gasteiger partial charge in [0.2, 0.25) is 11.8 Å². The largest absolute Gasteiger partial charge is 0.477 e. The van der Waals surface area contributed by atoms with E-state index in [1.54, 1.807) is 6.08 Å². The Morgan fingerprint density at radius 2 is 0.877 bits per heavy atom. The molecule has 0 aromatic rings. The van der Waals surface area contributed by atoms with Crippen LogP contribution in [0.2, 0.25) is 0 Å². The van der Waals surface area contributed by atoms with Crippen LogP contribution in [0.4, 0.5) is 0 Å². The molecule has 18 atom stereocenters. The Labute approximate surface area is 639 Å². The van der Waals surface area contributed by atoms with E-state index in [2.05, 4.69) is 24.5 Å². The Hall–Kier alpha value is -2.53. The van der Waals surface area contributed by atoms with Crippen molar-refractivity contribution in [2.45, 2.75) is 471 Å². The van der Waals surface area contributed by atoms with Crippen molar-refractivity contribution in [1.29, 1.82) is 0 Å². The highest BCUT2D eigenvalue weighted by Crippen LogP contribution is 2.39. The molecule has 2 amide bonds. The van der Waals surface area contributed by atoms with E-state index in [4.69, 9.17) is 28.4 Å². The maximum Gasteiger partial charge on any atom is 0.364 e. The lowest BCUT2D eigenvalue weighted by Crippen LogP contribution is -2.70. The van der Waals surface area contributed by atoms with Gasteiger partial charge in [-0.05, 0) is 19.3 Å². The summed E-state index contributed by atoms with van der Waals surface area (Å²) in [7, 11) is 0. The van der Waals surface area contributed by atoms with Gasteiger partial charge < -0.3 is 100 Å². The summed E-state index contributed by atoms with van der Waals surface area (Å²) >= 11 is 0. The number of carbonyl (C=O) groups is 3. The minimum atomic E-state index is -3.08. The lowest BCUT2D eigenvalue weighted by Gasteiger charge is -2.50. The first-order valence-corrected chi connectivity index (χ1v) is 43.1. The van der Waals surface area contributed by atoms with Gasteiger partial charge in [0.1, 0.15) is 67.1 Å². The average Bonchev–Trinajstić information content (AvgIpc) is 0.753. The van der Waals surface area contributed by atoms with Crippen LogP contribution >= 0.6 is 0 Å². The van der Waals surface area contributed by atoms with E-state index in [1.165, 1.54) is 270 Å². The van der Waals surface area contributed by atoms with Gasteiger partial charge >= 0.3 is 5.97 Å². The third kappa shape index (κ3) is 41.3. The monoisotopic (exact) mass is 1520 g/mol. The summed E-state index contributed by atoms with van der Waals surface area (Å²) in [6.45, 7) is 2.22. The third-order valence-electron chi connectivity index (χ3n) is 22.0. The fourth-order valence-electron chi connectivity index (χ4n) is 15.2. The second-order valence-corrected chi connectivity index (χ2v) is 31.4. The number of ether oxygens (including phenoxy) is 6. The number of unbranched alkanes of at least 4 members (excludes halogenated alkanes) is 49. The zero-order valence-electron chi connectivity index (χ0n) is 66.3. The third-order valence-corrected chi connectivity index (χ3v) is 22.0. The lowest BCUT2D eigenvalue weighted by molar-refractivity contribution is -0.386. The van der Waals surface area contributed by atoms with Crippen LogP contribution in [-0.4, -0.2) is 215 Å². The van der Waals surface area contributed by atoms with Crippen molar-refractivity contribution in [1.82, 2.24) is 10.6 Å². The molecule has 18 unspecified atom stereocenters. The van der Waals surface area contributed by atoms with Crippen molar-refractivity contribution in [2.24, 2.45) is 0 Å². The minimum absolute atomic E-state index is 0.206. The van der Waals surface area contributed by atoms with Gasteiger partial charge in [0, 0.05) is 19.8 Å². The first-order chi connectivity index (χ1) is 51.4. The lowest BCUT2D eigenvalue weighted by atomic mass is 9.88. The van der Waals surface area contributed by atoms with Crippen molar-refractivity contribution in [2.75, 3.05) is 26.4 Å². The SMILES string of the molecule is CCCCCCCCCCCCCCCCCCCCCCCCC/C=C/C(O)C(COC1OC(CO)C(OC2OC(CO)C(O)C(OC3(C(=O)O)CC(O)C(NC(C)=O)C(C(O)C(O)CO)O3)C2O)C(O)C1O)NC(=O)CCCCCCCCCCCCCCCCCCCCCCCCCCCCC. The van der Waals surface area contributed by atoms with E-state index in [-0.39, 0.29) is 12.3 Å². The van der Waals surface area contributed by atoms with Crippen LogP contribution in [0.15, 0.2) is 12.2 Å². The van der Waals surface area contributed by atoms with E-state index >= 15 is 0 Å².